The van der Waals surface area contributed by atoms with E-state index in [9.17, 15) is 22.4 Å². The third kappa shape index (κ3) is 4.08. The van der Waals surface area contributed by atoms with Crippen LogP contribution in [0.4, 0.5) is 17.6 Å². The second-order valence-electron chi connectivity index (χ2n) is 3.96. The first kappa shape index (κ1) is 16.7. The molecule has 0 aliphatic heterocycles. The average Bonchev–Trinajstić information content (AvgIpc) is 2.44. The average molecular weight is 303 g/mol. The molecule has 0 bridgehead atoms. The Morgan fingerprint density at radius 2 is 1.57 bits per heavy atom. The number of halogens is 4. The number of ether oxygens (including phenoxy) is 1. The summed E-state index contributed by atoms with van der Waals surface area (Å²) in [5.74, 6) is -8.51. The standard InChI is InChI=1S/C14H13F4NO2/c1-3-5-19(6-4-2)11(20)8-21-14-12(17)9(15)7-10(16)13(14)18/h3-4,7H,1-2,5-6,8H2. The third-order valence-electron chi connectivity index (χ3n) is 2.46. The molecule has 21 heavy (non-hydrogen) atoms. The van der Waals surface area contributed by atoms with Crippen LogP contribution in [-0.2, 0) is 4.79 Å². The molecule has 0 aliphatic rings. The molecule has 0 atom stereocenters. The zero-order valence-electron chi connectivity index (χ0n) is 11.0. The summed E-state index contributed by atoms with van der Waals surface area (Å²) in [7, 11) is 0. The second-order valence-corrected chi connectivity index (χ2v) is 3.96. The molecule has 0 unspecified atom stereocenters. The number of hydrogen-bond acceptors (Lipinski definition) is 2. The lowest BCUT2D eigenvalue weighted by Crippen LogP contribution is -2.35. The maximum atomic E-state index is 13.3. The van der Waals surface area contributed by atoms with Crippen molar-refractivity contribution in [2.24, 2.45) is 0 Å². The Morgan fingerprint density at radius 3 is 2.00 bits per heavy atom. The number of benzene rings is 1. The van der Waals surface area contributed by atoms with Gasteiger partial charge in [0.25, 0.3) is 5.91 Å². The zero-order chi connectivity index (χ0) is 16.0. The van der Waals surface area contributed by atoms with Crippen LogP contribution in [0.15, 0.2) is 31.4 Å². The summed E-state index contributed by atoms with van der Waals surface area (Å²) >= 11 is 0. The molecule has 0 aliphatic carbocycles. The predicted molar refractivity (Wildman–Crippen MR) is 68.7 cm³/mol. The fourth-order valence-corrected chi connectivity index (χ4v) is 1.49. The van der Waals surface area contributed by atoms with Crippen LogP contribution in [-0.4, -0.2) is 30.5 Å². The molecule has 0 saturated carbocycles. The normalized spacial score (nSPS) is 10.1. The second kappa shape index (κ2) is 7.47. The molecule has 3 nitrogen and oxygen atoms in total. The van der Waals surface area contributed by atoms with Crippen molar-refractivity contribution in [3.8, 4) is 5.75 Å². The number of hydrogen-bond donors (Lipinski definition) is 0. The Morgan fingerprint density at radius 1 is 1.10 bits per heavy atom. The van der Waals surface area contributed by atoms with Crippen LogP contribution in [0.2, 0.25) is 0 Å². The van der Waals surface area contributed by atoms with Crippen LogP contribution in [0.1, 0.15) is 0 Å². The highest BCUT2D eigenvalue weighted by molar-refractivity contribution is 5.78. The Labute approximate surface area is 119 Å². The third-order valence-corrected chi connectivity index (χ3v) is 2.46. The summed E-state index contributed by atoms with van der Waals surface area (Å²) < 4.78 is 57.1. The van der Waals surface area contributed by atoms with Gasteiger partial charge in [0, 0.05) is 19.2 Å². The molecule has 0 fully saturated rings. The number of carbonyl (C=O) groups excluding carboxylic acids is 1. The van der Waals surface area contributed by atoms with E-state index in [4.69, 9.17) is 0 Å². The molecule has 1 aromatic carbocycles. The summed E-state index contributed by atoms with van der Waals surface area (Å²) in [6.07, 6.45) is 2.87. The maximum absolute atomic E-state index is 13.3. The van der Waals surface area contributed by atoms with Crippen molar-refractivity contribution in [2.45, 2.75) is 0 Å². The molecule has 0 spiro atoms. The van der Waals surface area contributed by atoms with Gasteiger partial charge in [0.2, 0.25) is 11.6 Å². The molecule has 0 radical (unpaired) electrons. The first-order chi connectivity index (χ1) is 9.92. The predicted octanol–water partition coefficient (Wildman–Crippen LogP) is 2.82. The molecule has 0 heterocycles. The highest BCUT2D eigenvalue weighted by atomic mass is 19.2. The first-order valence-electron chi connectivity index (χ1n) is 5.87. The van der Waals surface area contributed by atoms with Crippen molar-refractivity contribution in [1.29, 1.82) is 0 Å². The minimum absolute atomic E-state index is 0.0566. The summed E-state index contributed by atoms with van der Waals surface area (Å²) in [4.78, 5) is 13.0. The van der Waals surface area contributed by atoms with Crippen molar-refractivity contribution in [3.63, 3.8) is 0 Å². The Bertz CT molecular complexity index is 524. The van der Waals surface area contributed by atoms with Crippen LogP contribution < -0.4 is 4.74 Å². The summed E-state index contributed by atoms with van der Waals surface area (Å²) in [6.45, 7) is 6.44. The molecule has 0 N–H and O–H groups in total. The van der Waals surface area contributed by atoms with Crippen LogP contribution in [0.3, 0.4) is 0 Å². The molecule has 1 rings (SSSR count). The molecule has 7 heteroatoms. The molecular formula is C14H13F4NO2. The maximum Gasteiger partial charge on any atom is 0.261 e. The summed E-state index contributed by atoms with van der Waals surface area (Å²) in [6, 6.07) is 0.0566. The highest BCUT2D eigenvalue weighted by Crippen LogP contribution is 2.26. The van der Waals surface area contributed by atoms with Gasteiger partial charge in [-0.3, -0.25) is 4.79 Å². The fourth-order valence-electron chi connectivity index (χ4n) is 1.49. The van der Waals surface area contributed by atoms with Crippen molar-refractivity contribution < 1.29 is 27.1 Å². The van der Waals surface area contributed by atoms with Crippen LogP contribution >= 0.6 is 0 Å². The minimum Gasteiger partial charge on any atom is -0.477 e. The lowest BCUT2D eigenvalue weighted by Gasteiger charge is -2.19. The minimum atomic E-state index is -1.69. The van der Waals surface area contributed by atoms with Gasteiger partial charge in [0.15, 0.2) is 24.0 Å². The largest absolute Gasteiger partial charge is 0.477 e. The summed E-state index contributed by atoms with van der Waals surface area (Å²) in [5.41, 5.74) is 0. The lowest BCUT2D eigenvalue weighted by molar-refractivity contribution is -0.132. The Kier molecular flexibility index (Phi) is 5.95. The van der Waals surface area contributed by atoms with E-state index in [1.807, 2.05) is 0 Å². The van der Waals surface area contributed by atoms with E-state index < -0.39 is 41.5 Å². The van der Waals surface area contributed by atoms with Crippen LogP contribution in [0.5, 0.6) is 5.75 Å². The van der Waals surface area contributed by atoms with E-state index in [1.165, 1.54) is 17.1 Å². The van der Waals surface area contributed by atoms with E-state index >= 15 is 0 Å². The van der Waals surface area contributed by atoms with E-state index in [0.29, 0.717) is 0 Å². The Balaban J connectivity index is 2.86. The van der Waals surface area contributed by atoms with Crippen LogP contribution in [0.25, 0.3) is 0 Å². The number of carbonyl (C=O) groups is 1. The van der Waals surface area contributed by atoms with Crippen LogP contribution in [0, 0.1) is 23.3 Å². The van der Waals surface area contributed by atoms with Gasteiger partial charge in [-0.05, 0) is 0 Å². The molecular weight excluding hydrogens is 290 g/mol. The number of amides is 1. The quantitative estimate of drug-likeness (QED) is 0.440. The molecule has 0 saturated heterocycles. The van der Waals surface area contributed by atoms with Crippen molar-refractivity contribution in [2.75, 3.05) is 19.7 Å². The van der Waals surface area contributed by atoms with Gasteiger partial charge in [0.1, 0.15) is 0 Å². The van der Waals surface area contributed by atoms with Gasteiger partial charge in [0.05, 0.1) is 0 Å². The van der Waals surface area contributed by atoms with E-state index in [-0.39, 0.29) is 19.2 Å². The number of rotatable bonds is 7. The highest BCUT2D eigenvalue weighted by Gasteiger charge is 2.22. The lowest BCUT2D eigenvalue weighted by atomic mass is 10.3. The molecule has 1 aromatic rings. The summed E-state index contributed by atoms with van der Waals surface area (Å²) in [5, 5.41) is 0. The first-order valence-corrected chi connectivity index (χ1v) is 5.87. The van der Waals surface area contributed by atoms with Gasteiger partial charge >= 0.3 is 0 Å². The molecule has 0 aromatic heterocycles. The Hall–Kier alpha value is -2.31. The molecule has 114 valence electrons. The van der Waals surface area contributed by atoms with Gasteiger partial charge in [-0.1, -0.05) is 12.2 Å². The van der Waals surface area contributed by atoms with E-state index in [2.05, 4.69) is 17.9 Å². The number of nitrogens with zero attached hydrogens (tertiary/aromatic N) is 1. The molecule has 1 amide bonds. The van der Waals surface area contributed by atoms with Gasteiger partial charge in [-0.25, -0.2) is 8.78 Å². The van der Waals surface area contributed by atoms with Gasteiger partial charge in [-0.15, -0.1) is 13.2 Å². The van der Waals surface area contributed by atoms with Crippen molar-refractivity contribution in [1.82, 2.24) is 4.90 Å². The van der Waals surface area contributed by atoms with Gasteiger partial charge < -0.3 is 9.64 Å². The van der Waals surface area contributed by atoms with Crippen molar-refractivity contribution in [3.05, 3.63) is 54.6 Å². The SMILES string of the molecule is C=CCN(CC=C)C(=O)COc1c(F)c(F)cc(F)c1F. The van der Waals surface area contributed by atoms with E-state index in [0.717, 1.165) is 0 Å². The zero-order valence-corrected chi connectivity index (χ0v) is 11.0. The monoisotopic (exact) mass is 303 g/mol. The fraction of sp³-hybridized carbons (Fsp3) is 0.214. The smallest absolute Gasteiger partial charge is 0.261 e. The van der Waals surface area contributed by atoms with Crippen molar-refractivity contribution >= 4 is 5.91 Å². The van der Waals surface area contributed by atoms with Gasteiger partial charge in [-0.2, -0.15) is 8.78 Å². The topological polar surface area (TPSA) is 29.5 Å². The van der Waals surface area contributed by atoms with E-state index in [1.54, 1.807) is 0 Å².